The minimum atomic E-state index is -1.06. The molecule has 1 saturated heterocycles. The van der Waals surface area contributed by atoms with E-state index >= 15 is 0 Å². The predicted octanol–water partition coefficient (Wildman–Crippen LogP) is 1.48. The summed E-state index contributed by atoms with van der Waals surface area (Å²) < 4.78 is 10.6. The molecule has 0 spiro atoms. The molecule has 2 N–H and O–H groups in total. The van der Waals surface area contributed by atoms with Crippen molar-refractivity contribution in [2.45, 2.75) is 25.8 Å². The second-order valence-electron chi connectivity index (χ2n) is 6.33. The highest BCUT2D eigenvalue weighted by molar-refractivity contribution is 7.99. The summed E-state index contributed by atoms with van der Waals surface area (Å²) in [5.41, 5.74) is 0.633. The predicted molar refractivity (Wildman–Crippen MR) is 100 cm³/mol. The van der Waals surface area contributed by atoms with Gasteiger partial charge in [0.1, 0.15) is 6.04 Å². The number of amides is 2. The van der Waals surface area contributed by atoms with Crippen LogP contribution in [0.25, 0.3) is 0 Å². The smallest absolute Gasteiger partial charge is 0.326 e. The summed E-state index contributed by atoms with van der Waals surface area (Å²) in [5, 5.41) is 11.9. The van der Waals surface area contributed by atoms with Crippen LogP contribution in [0.15, 0.2) is 18.2 Å². The number of thioether (sulfide) groups is 1. The van der Waals surface area contributed by atoms with Crippen molar-refractivity contribution in [3.63, 3.8) is 0 Å². The Bertz CT molecular complexity index is 741. The molecule has 2 aliphatic heterocycles. The summed E-state index contributed by atoms with van der Waals surface area (Å²) in [6, 6.07) is 4.24. The molecule has 2 unspecified atom stereocenters. The lowest BCUT2D eigenvalue weighted by molar-refractivity contribution is -0.142. The second kappa shape index (κ2) is 8.51. The number of ether oxygens (including phenoxy) is 2. The summed E-state index contributed by atoms with van der Waals surface area (Å²) in [4.78, 5) is 37.8. The average Bonchev–Trinajstić information content (AvgIpc) is 3.26. The van der Waals surface area contributed by atoms with Crippen molar-refractivity contribution in [3.8, 4) is 11.5 Å². The Hall–Kier alpha value is -2.42. The normalized spacial score (nSPS) is 19.2. The molecule has 0 aromatic heterocycles. The zero-order chi connectivity index (χ0) is 19.4. The first-order chi connectivity index (χ1) is 13.0. The molecule has 1 fully saturated rings. The number of nitrogens with one attached hydrogen (secondary N) is 1. The first-order valence-electron chi connectivity index (χ1n) is 8.80. The number of rotatable bonds is 8. The van der Waals surface area contributed by atoms with Gasteiger partial charge in [-0.15, -0.1) is 0 Å². The van der Waals surface area contributed by atoms with Gasteiger partial charge in [-0.3, -0.25) is 9.59 Å². The number of aliphatic carboxylic acids is 1. The summed E-state index contributed by atoms with van der Waals surface area (Å²) in [6.45, 7) is 2.35. The number of carboxylic acid groups (broad SMARTS) is 1. The van der Waals surface area contributed by atoms with Gasteiger partial charge in [-0.05, 0) is 30.1 Å². The summed E-state index contributed by atoms with van der Waals surface area (Å²) >= 11 is 1.62. The molecule has 0 radical (unpaired) electrons. The highest BCUT2D eigenvalue weighted by Gasteiger charge is 2.37. The van der Waals surface area contributed by atoms with Gasteiger partial charge in [0, 0.05) is 24.7 Å². The van der Waals surface area contributed by atoms with Crippen LogP contribution in [0.3, 0.4) is 0 Å². The summed E-state index contributed by atoms with van der Waals surface area (Å²) in [7, 11) is 0. The van der Waals surface area contributed by atoms with Gasteiger partial charge in [0.2, 0.25) is 18.6 Å². The maximum atomic E-state index is 12.5. The van der Waals surface area contributed by atoms with Crippen LogP contribution >= 0.6 is 11.8 Å². The zero-order valence-electron chi connectivity index (χ0n) is 15.0. The lowest BCUT2D eigenvalue weighted by Crippen LogP contribution is -2.44. The largest absolute Gasteiger partial charge is 0.480 e. The number of carbonyl (C=O) groups excluding carboxylic acids is 2. The number of carboxylic acids is 1. The fraction of sp³-hybridized carbons (Fsp3) is 0.500. The van der Waals surface area contributed by atoms with Crippen molar-refractivity contribution in [1.29, 1.82) is 0 Å². The van der Waals surface area contributed by atoms with Crippen molar-refractivity contribution in [2.24, 2.45) is 5.92 Å². The van der Waals surface area contributed by atoms with Crippen molar-refractivity contribution in [3.05, 3.63) is 18.2 Å². The molecule has 2 atom stereocenters. The highest BCUT2D eigenvalue weighted by Crippen LogP contribution is 2.37. The van der Waals surface area contributed by atoms with E-state index in [2.05, 4.69) is 5.32 Å². The van der Waals surface area contributed by atoms with Crippen molar-refractivity contribution >= 4 is 35.2 Å². The van der Waals surface area contributed by atoms with E-state index in [9.17, 15) is 19.5 Å². The Morgan fingerprint density at radius 1 is 1.37 bits per heavy atom. The van der Waals surface area contributed by atoms with Crippen LogP contribution < -0.4 is 19.7 Å². The zero-order valence-corrected chi connectivity index (χ0v) is 15.8. The van der Waals surface area contributed by atoms with Gasteiger partial charge < -0.3 is 24.8 Å². The lowest BCUT2D eigenvalue weighted by Gasteiger charge is -2.19. The van der Waals surface area contributed by atoms with E-state index in [1.165, 1.54) is 4.90 Å². The van der Waals surface area contributed by atoms with E-state index in [0.717, 1.165) is 5.75 Å². The fourth-order valence-electron chi connectivity index (χ4n) is 3.08. The standard InChI is InChI=1S/C18H22N2O6S/c1-2-27-6-5-13(18(23)24)19-17(22)11-7-16(21)20(9-11)12-3-4-14-15(8-12)26-10-25-14/h3-4,8,11,13H,2,5-7,9-10H2,1H3,(H,19,22)(H,23,24). The van der Waals surface area contributed by atoms with Gasteiger partial charge in [0.25, 0.3) is 0 Å². The van der Waals surface area contributed by atoms with Crippen LogP contribution in [0.4, 0.5) is 5.69 Å². The SMILES string of the molecule is CCSCCC(NC(=O)C1CC(=O)N(c2ccc3c(c2)OCO3)C1)C(=O)O. The maximum Gasteiger partial charge on any atom is 0.326 e. The van der Waals surface area contributed by atoms with Gasteiger partial charge in [0.15, 0.2) is 11.5 Å². The minimum absolute atomic E-state index is 0.0519. The third-order valence-corrected chi connectivity index (χ3v) is 5.47. The highest BCUT2D eigenvalue weighted by atomic mass is 32.2. The third kappa shape index (κ3) is 4.47. The Labute approximate surface area is 161 Å². The fourth-order valence-corrected chi connectivity index (χ4v) is 3.77. The van der Waals surface area contributed by atoms with Crippen molar-refractivity contribution in [2.75, 3.05) is 29.7 Å². The maximum absolute atomic E-state index is 12.5. The Morgan fingerprint density at radius 3 is 2.89 bits per heavy atom. The van der Waals surface area contributed by atoms with Crippen LogP contribution in [0.2, 0.25) is 0 Å². The van der Waals surface area contributed by atoms with Crippen LogP contribution in [-0.4, -0.2) is 53.8 Å². The summed E-state index contributed by atoms with van der Waals surface area (Å²) in [5.74, 6) is 0.507. The second-order valence-corrected chi connectivity index (χ2v) is 7.72. The minimum Gasteiger partial charge on any atom is -0.480 e. The number of nitrogens with zero attached hydrogens (tertiary/aromatic N) is 1. The molecule has 8 nitrogen and oxygen atoms in total. The summed E-state index contributed by atoms with van der Waals surface area (Å²) in [6.07, 6.45) is 0.405. The number of hydrogen-bond acceptors (Lipinski definition) is 6. The molecule has 0 saturated carbocycles. The number of anilines is 1. The molecule has 27 heavy (non-hydrogen) atoms. The van der Waals surface area contributed by atoms with Gasteiger partial charge in [0.05, 0.1) is 5.92 Å². The molecule has 1 aromatic carbocycles. The van der Waals surface area contributed by atoms with Gasteiger partial charge in [-0.25, -0.2) is 4.79 Å². The van der Waals surface area contributed by atoms with Crippen molar-refractivity contribution < 1.29 is 29.0 Å². The van der Waals surface area contributed by atoms with Crippen LogP contribution in [-0.2, 0) is 14.4 Å². The molecule has 2 aliphatic rings. The Morgan fingerprint density at radius 2 is 2.15 bits per heavy atom. The first kappa shape index (κ1) is 19.3. The van der Waals surface area contributed by atoms with E-state index in [1.54, 1.807) is 30.0 Å². The lowest BCUT2D eigenvalue weighted by atomic mass is 10.1. The molecule has 146 valence electrons. The van der Waals surface area contributed by atoms with Gasteiger partial charge in [-0.1, -0.05) is 6.92 Å². The number of carbonyl (C=O) groups is 3. The topological polar surface area (TPSA) is 105 Å². The monoisotopic (exact) mass is 394 g/mol. The Balaban J connectivity index is 1.62. The van der Waals surface area contributed by atoms with Crippen LogP contribution in [0.5, 0.6) is 11.5 Å². The van der Waals surface area contributed by atoms with E-state index in [-0.39, 0.29) is 25.7 Å². The molecule has 9 heteroatoms. The quantitative estimate of drug-likeness (QED) is 0.644. The van der Waals surface area contributed by atoms with E-state index in [1.807, 2.05) is 6.92 Å². The first-order valence-corrected chi connectivity index (χ1v) is 9.96. The van der Waals surface area contributed by atoms with Gasteiger partial charge >= 0.3 is 5.97 Å². The Kier molecular flexibility index (Phi) is 6.10. The van der Waals surface area contributed by atoms with Gasteiger partial charge in [-0.2, -0.15) is 11.8 Å². The number of hydrogen-bond donors (Lipinski definition) is 2. The molecule has 1 aromatic rings. The van der Waals surface area contributed by atoms with E-state index < -0.39 is 23.8 Å². The molecular weight excluding hydrogens is 372 g/mol. The van der Waals surface area contributed by atoms with Crippen molar-refractivity contribution in [1.82, 2.24) is 5.32 Å². The molecular formula is C18H22N2O6S. The van der Waals surface area contributed by atoms with E-state index in [4.69, 9.17) is 9.47 Å². The molecule has 2 amide bonds. The molecule has 0 aliphatic carbocycles. The molecule has 3 rings (SSSR count). The average molecular weight is 394 g/mol. The third-order valence-electron chi connectivity index (χ3n) is 4.53. The van der Waals surface area contributed by atoms with E-state index in [0.29, 0.717) is 29.4 Å². The van der Waals surface area contributed by atoms with Crippen LogP contribution in [0, 0.1) is 5.92 Å². The van der Waals surface area contributed by atoms with Crippen LogP contribution in [0.1, 0.15) is 19.8 Å². The number of fused-ring (bicyclic) bond motifs is 1. The molecule has 0 bridgehead atoms. The molecule has 2 heterocycles. The number of benzene rings is 1.